The number of carbonyl (C=O) groups excluding carboxylic acids is 1. The van der Waals surface area contributed by atoms with Crippen molar-refractivity contribution in [1.82, 2.24) is 0 Å². The highest BCUT2D eigenvalue weighted by molar-refractivity contribution is 7.39. The lowest BCUT2D eigenvalue weighted by molar-refractivity contribution is -0.138. The second kappa shape index (κ2) is 5.84. The van der Waals surface area contributed by atoms with E-state index in [-0.39, 0.29) is 12.3 Å². The van der Waals surface area contributed by atoms with E-state index in [4.69, 9.17) is 4.89 Å². The van der Waals surface area contributed by atoms with Gasteiger partial charge in [-0.05, 0) is 4.57 Å². The molecule has 0 heterocycles. The van der Waals surface area contributed by atoms with Crippen molar-refractivity contribution in [3.05, 3.63) is 12.8 Å². The van der Waals surface area contributed by atoms with Crippen molar-refractivity contribution >= 4 is 14.0 Å². The lowest BCUT2D eigenvalue weighted by Gasteiger charge is -2.06. The molecule has 0 aliphatic carbocycles. The minimum Gasteiger partial charge on any atom is -0.435 e. The first kappa shape index (κ1) is 12.3. The summed E-state index contributed by atoms with van der Waals surface area (Å²) in [5.41, 5.74) is -0.539. The molecule has 0 aromatic heterocycles. The van der Waals surface area contributed by atoms with Crippen LogP contribution < -0.4 is 0 Å². The molecule has 74 valence electrons. The maximum atomic E-state index is 10.9. The van der Waals surface area contributed by atoms with E-state index in [2.05, 4.69) is 11.3 Å². The van der Waals surface area contributed by atoms with Crippen molar-refractivity contribution < 1.29 is 19.0 Å². The van der Waals surface area contributed by atoms with Crippen LogP contribution in [0.2, 0.25) is 0 Å². The largest absolute Gasteiger partial charge is 0.509 e. The van der Waals surface area contributed by atoms with Gasteiger partial charge in [-0.15, -0.1) is 0 Å². The average Bonchev–Trinajstić information content (AvgIpc) is 1.99. The summed E-state index contributed by atoms with van der Waals surface area (Å²) in [6, 6.07) is 0. The summed E-state index contributed by atoms with van der Waals surface area (Å²) in [5, 5.41) is 0. The highest BCUT2D eigenvalue weighted by atomic mass is 31.1. The third-order valence-electron chi connectivity index (χ3n) is 1.64. The highest BCUT2D eigenvalue weighted by Gasteiger charge is 2.35. The number of carbonyl (C=O) groups is 1. The maximum Gasteiger partial charge on any atom is 0.509 e. The summed E-state index contributed by atoms with van der Waals surface area (Å²) in [6.07, 6.45) is 0.972. The predicted octanol–water partition coefficient (Wildman–Crippen LogP) is 1.82. The van der Waals surface area contributed by atoms with E-state index < -0.39 is 19.7 Å². The van der Waals surface area contributed by atoms with E-state index in [1.807, 2.05) is 0 Å². The van der Waals surface area contributed by atoms with Gasteiger partial charge in [-0.25, -0.2) is 0 Å². The van der Waals surface area contributed by atoms with E-state index in [1.165, 1.54) is 0 Å². The molecule has 0 saturated carbocycles. The molecule has 1 N–H and O–H groups in total. The summed E-state index contributed by atoms with van der Waals surface area (Å²) >= 11 is 0. The standard InChI is InChI=1S/C8H13O4P/c1-4-12-8(9)5-7(6(2)3)13(10)11/h4,6-7H,1,5H2,2-3H3/p+1. The molecule has 0 spiro atoms. The van der Waals surface area contributed by atoms with E-state index in [0.717, 1.165) is 6.26 Å². The molecule has 0 fully saturated rings. The molecule has 0 aliphatic rings. The lowest BCUT2D eigenvalue weighted by atomic mass is 10.1. The van der Waals surface area contributed by atoms with Crippen molar-refractivity contribution in [1.29, 1.82) is 0 Å². The van der Waals surface area contributed by atoms with Crippen LogP contribution in [0, 0.1) is 5.92 Å². The van der Waals surface area contributed by atoms with Gasteiger partial charge in [-0.3, -0.25) is 4.79 Å². The molecule has 0 bridgehead atoms. The van der Waals surface area contributed by atoms with Crippen molar-refractivity contribution in [2.75, 3.05) is 0 Å². The second-order valence-corrected chi connectivity index (χ2v) is 4.24. The number of esters is 1. The number of ether oxygens (including phenoxy) is 1. The Balaban J connectivity index is 4.18. The van der Waals surface area contributed by atoms with Crippen LogP contribution in [0.1, 0.15) is 20.3 Å². The topological polar surface area (TPSA) is 63.6 Å². The fourth-order valence-electron chi connectivity index (χ4n) is 0.881. The Bertz CT molecular complexity index is 212. The van der Waals surface area contributed by atoms with Gasteiger partial charge in [0.25, 0.3) is 0 Å². The fraction of sp³-hybridized carbons (Fsp3) is 0.625. The Kier molecular flexibility index (Phi) is 5.51. The molecule has 5 heteroatoms. The van der Waals surface area contributed by atoms with Gasteiger partial charge in [0.05, 0.1) is 12.7 Å². The molecular weight excluding hydrogens is 191 g/mol. The molecule has 2 atom stereocenters. The summed E-state index contributed by atoms with van der Waals surface area (Å²) in [5.74, 6) is -0.544. The molecule has 2 unspecified atom stereocenters. The van der Waals surface area contributed by atoms with Gasteiger partial charge < -0.3 is 4.74 Å². The normalized spacial score (nSPS) is 13.7. The quantitative estimate of drug-likeness (QED) is 0.422. The molecular formula is C8H14O4P+. The maximum absolute atomic E-state index is 10.9. The zero-order valence-electron chi connectivity index (χ0n) is 7.77. The van der Waals surface area contributed by atoms with Gasteiger partial charge in [0.15, 0.2) is 5.66 Å². The Morgan fingerprint density at radius 3 is 2.54 bits per heavy atom. The lowest BCUT2D eigenvalue weighted by Crippen LogP contribution is -2.17. The Hall–Kier alpha value is -0.730. The number of hydrogen-bond acceptors (Lipinski definition) is 3. The minimum atomic E-state index is -2.33. The van der Waals surface area contributed by atoms with Crippen LogP contribution in [0.15, 0.2) is 12.8 Å². The van der Waals surface area contributed by atoms with Crippen molar-refractivity contribution in [3.63, 3.8) is 0 Å². The van der Waals surface area contributed by atoms with Crippen LogP contribution in [0.3, 0.4) is 0 Å². The van der Waals surface area contributed by atoms with Gasteiger partial charge in [-0.1, -0.05) is 20.4 Å². The second-order valence-electron chi connectivity index (χ2n) is 2.97. The third-order valence-corrected chi connectivity index (χ3v) is 2.99. The van der Waals surface area contributed by atoms with Crippen molar-refractivity contribution in [2.45, 2.75) is 25.9 Å². The first-order valence-corrected chi connectivity index (χ1v) is 5.22. The van der Waals surface area contributed by atoms with E-state index in [0.29, 0.717) is 0 Å². The molecule has 0 rings (SSSR count). The van der Waals surface area contributed by atoms with Crippen LogP contribution >= 0.6 is 8.03 Å². The van der Waals surface area contributed by atoms with Crippen molar-refractivity contribution in [3.8, 4) is 0 Å². The minimum absolute atomic E-state index is 0.0222. The van der Waals surface area contributed by atoms with Gasteiger partial charge in [-0.2, -0.15) is 4.89 Å². The van der Waals surface area contributed by atoms with Gasteiger partial charge in [0, 0.05) is 5.92 Å². The van der Waals surface area contributed by atoms with Crippen LogP contribution in [0.4, 0.5) is 0 Å². The van der Waals surface area contributed by atoms with Crippen LogP contribution in [-0.4, -0.2) is 16.5 Å². The molecule has 0 aromatic rings. The zero-order chi connectivity index (χ0) is 10.4. The first-order valence-electron chi connectivity index (χ1n) is 3.94. The smallest absolute Gasteiger partial charge is 0.435 e. The van der Waals surface area contributed by atoms with Gasteiger partial charge in [0.1, 0.15) is 0 Å². The van der Waals surface area contributed by atoms with Crippen LogP contribution in [-0.2, 0) is 14.1 Å². The van der Waals surface area contributed by atoms with E-state index in [9.17, 15) is 9.36 Å². The molecule has 0 radical (unpaired) electrons. The van der Waals surface area contributed by atoms with Gasteiger partial charge in [0.2, 0.25) is 0 Å². The van der Waals surface area contributed by atoms with Crippen LogP contribution in [0.5, 0.6) is 0 Å². The first-order chi connectivity index (χ1) is 5.99. The monoisotopic (exact) mass is 205 g/mol. The van der Waals surface area contributed by atoms with E-state index in [1.54, 1.807) is 13.8 Å². The average molecular weight is 205 g/mol. The molecule has 13 heavy (non-hydrogen) atoms. The summed E-state index contributed by atoms with van der Waals surface area (Å²) < 4.78 is 15.3. The molecule has 0 aliphatic heterocycles. The Morgan fingerprint density at radius 2 is 2.23 bits per heavy atom. The number of rotatable bonds is 5. The molecule has 0 amide bonds. The molecule has 0 aromatic carbocycles. The highest BCUT2D eigenvalue weighted by Crippen LogP contribution is 2.31. The zero-order valence-corrected chi connectivity index (χ0v) is 8.66. The molecule has 0 saturated heterocycles. The van der Waals surface area contributed by atoms with Crippen molar-refractivity contribution in [2.24, 2.45) is 5.92 Å². The summed E-state index contributed by atoms with van der Waals surface area (Å²) in [7, 11) is -2.33. The SMILES string of the molecule is C=COC(=O)CC(C(C)C)[P+](=O)O. The van der Waals surface area contributed by atoms with Gasteiger partial charge >= 0.3 is 14.0 Å². The summed E-state index contributed by atoms with van der Waals surface area (Å²) in [4.78, 5) is 19.8. The van der Waals surface area contributed by atoms with Crippen LogP contribution in [0.25, 0.3) is 0 Å². The number of hydrogen-bond donors (Lipinski definition) is 1. The Morgan fingerprint density at radius 1 is 1.69 bits per heavy atom. The van der Waals surface area contributed by atoms with E-state index >= 15 is 0 Å². The Labute approximate surface area is 78.5 Å². The predicted molar refractivity (Wildman–Crippen MR) is 49.4 cm³/mol. The third kappa shape index (κ3) is 4.76. The summed E-state index contributed by atoms with van der Waals surface area (Å²) in [6.45, 7) is 6.79. The molecule has 4 nitrogen and oxygen atoms in total. The fourth-order valence-corrected chi connectivity index (χ4v) is 1.70.